The van der Waals surface area contributed by atoms with Crippen LogP contribution in [0.4, 0.5) is 5.69 Å². The monoisotopic (exact) mass is 347 g/mol. The van der Waals surface area contributed by atoms with Crippen LogP contribution in [0.15, 0.2) is 42.5 Å². The minimum absolute atomic E-state index is 0.398. The lowest BCUT2D eigenvalue weighted by atomic mass is 10.1. The summed E-state index contributed by atoms with van der Waals surface area (Å²) in [7, 11) is 1.49. The Balaban J connectivity index is 2.05. The highest BCUT2D eigenvalue weighted by Crippen LogP contribution is 2.27. The van der Waals surface area contributed by atoms with E-state index in [1.54, 1.807) is 36.4 Å². The largest absolute Gasteiger partial charge is 0.495 e. The van der Waals surface area contributed by atoms with Crippen molar-refractivity contribution in [1.82, 2.24) is 0 Å². The van der Waals surface area contributed by atoms with Gasteiger partial charge in [-0.3, -0.25) is 4.79 Å². The van der Waals surface area contributed by atoms with Crippen LogP contribution in [0.5, 0.6) is 5.75 Å². The minimum Gasteiger partial charge on any atom is -0.495 e. The van der Waals surface area contributed by atoms with Gasteiger partial charge in [-0.25, -0.2) is 4.79 Å². The highest BCUT2D eigenvalue weighted by molar-refractivity contribution is 6.31. The van der Waals surface area contributed by atoms with Gasteiger partial charge < -0.3 is 14.8 Å². The van der Waals surface area contributed by atoms with Crippen LogP contribution in [0, 0.1) is 6.92 Å². The Hall–Kier alpha value is -2.53. The van der Waals surface area contributed by atoms with Crippen molar-refractivity contribution in [2.24, 2.45) is 0 Å². The average molecular weight is 348 g/mol. The van der Waals surface area contributed by atoms with Crippen LogP contribution >= 0.6 is 11.6 Å². The van der Waals surface area contributed by atoms with Gasteiger partial charge in [0, 0.05) is 5.02 Å². The zero-order chi connectivity index (χ0) is 17.7. The van der Waals surface area contributed by atoms with Crippen LogP contribution in [-0.2, 0) is 9.53 Å². The van der Waals surface area contributed by atoms with Gasteiger partial charge in [0.15, 0.2) is 6.10 Å². The van der Waals surface area contributed by atoms with Gasteiger partial charge in [-0.05, 0) is 44.2 Å². The predicted molar refractivity (Wildman–Crippen MR) is 92.7 cm³/mol. The Labute approximate surface area is 145 Å². The second-order valence-electron chi connectivity index (χ2n) is 5.25. The second kappa shape index (κ2) is 7.84. The molecule has 0 saturated heterocycles. The van der Waals surface area contributed by atoms with Gasteiger partial charge in [-0.15, -0.1) is 0 Å². The molecule has 0 radical (unpaired) electrons. The number of hydrogen-bond acceptors (Lipinski definition) is 4. The Morgan fingerprint density at radius 2 is 1.92 bits per heavy atom. The zero-order valence-electron chi connectivity index (χ0n) is 13.6. The number of carbonyl (C=O) groups is 2. The van der Waals surface area contributed by atoms with Crippen molar-refractivity contribution in [2.45, 2.75) is 20.0 Å². The molecule has 5 nitrogen and oxygen atoms in total. The van der Waals surface area contributed by atoms with E-state index in [4.69, 9.17) is 21.1 Å². The lowest BCUT2D eigenvalue weighted by Crippen LogP contribution is -2.30. The number of benzene rings is 2. The van der Waals surface area contributed by atoms with Crippen LogP contribution in [0.2, 0.25) is 5.02 Å². The summed E-state index contributed by atoms with van der Waals surface area (Å²) in [6.45, 7) is 3.37. The lowest BCUT2D eigenvalue weighted by molar-refractivity contribution is -0.123. The fraction of sp³-hybridized carbons (Fsp3) is 0.222. The van der Waals surface area contributed by atoms with Crippen LogP contribution in [0.1, 0.15) is 22.8 Å². The first-order chi connectivity index (χ1) is 11.4. The number of aryl methyl sites for hydroxylation is 1. The van der Waals surface area contributed by atoms with Crippen LogP contribution in [0.3, 0.4) is 0 Å². The van der Waals surface area contributed by atoms with E-state index in [2.05, 4.69) is 5.32 Å². The van der Waals surface area contributed by atoms with Crippen molar-refractivity contribution in [1.29, 1.82) is 0 Å². The molecule has 0 bridgehead atoms. The van der Waals surface area contributed by atoms with Gasteiger partial charge in [0.25, 0.3) is 5.91 Å². The maximum Gasteiger partial charge on any atom is 0.338 e. The summed E-state index contributed by atoms with van der Waals surface area (Å²) in [5.74, 6) is -0.569. The zero-order valence-corrected chi connectivity index (χ0v) is 14.4. The third kappa shape index (κ3) is 4.49. The van der Waals surface area contributed by atoms with Gasteiger partial charge in [0.1, 0.15) is 5.75 Å². The van der Waals surface area contributed by atoms with Crippen LogP contribution in [0.25, 0.3) is 0 Å². The first-order valence-corrected chi connectivity index (χ1v) is 7.70. The minimum atomic E-state index is -0.971. The van der Waals surface area contributed by atoms with E-state index >= 15 is 0 Å². The molecule has 0 fully saturated rings. The van der Waals surface area contributed by atoms with E-state index in [0.717, 1.165) is 5.56 Å². The predicted octanol–water partition coefficient (Wildman–Crippen LogP) is 3.84. The standard InChI is InChI=1S/C18H18ClNO4/c1-11-5-4-6-13(9-11)18(22)24-12(2)17(21)20-15-10-14(19)7-8-16(15)23-3/h4-10,12H,1-3H3,(H,20,21)/t12-/m0/s1. The van der Waals surface area contributed by atoms with Crippen LogP contribution < -0.4 is 10.1 Å². The molecule has 24 heavy (non-hydrogen) atoms. The molecule has 126 valence electrons. The molecule has 0 aliphatic heterocycles. The molecule has 1 amide bonds. The van der Waals surface area contributed by atoms with Crippen molar-refractivity contribution in [3.05, 3.63) is 58.6 Å². The number of ether oxygens (including phenoxy) is 2. The van der Waals surface area contributed by atoms with Crippen molar-refractivity contribution >= 4 is 29.2 Å². The summed E-state index contributed by atoms with van der Waals surface area (Å²) in [4.78, 5) is 24.3. The lowest BCUT2D eigenvalue weighted by Gasteiger charge is -2.15. The van der Waals surface area contributed by atoms with E-state index in [0.29, 0.717) is 22.0 Å². The Bertz CT molecular complexity index is 760. The molecular weight excluding hydrogens is 330 g/mol. The molecule has 0 aliphatic rings. The summed E-state index contributed by atoms with van der Waals surface area (Å²) in [5.41, 5.74) is 1.74. The first kappa shape index (κ1) is 17.8. The molecule has 2 rings (SSSR count). The molecule has 6 heteroatoms. The van der Waals surface area contributed by atoms with Crippen molar-refractivity contribution in [2.75, 3.05) is 12.4 Å². The highest BCUT2D eigenvalue weighted by atomic mass is 35.5. The molecule has 1 N–H and O–H groups in total. The fourth-order valence-corrected chi connectivity index (χ4v) is 2.24. The third-order valence-corrected chi connectivity index (χ3v) is 3.56. The topological polar surface area (TPSA) is 64.6 Å². The van der Waals surface area contributed by atoms with E-state index in [1.165, 1.54) is 14.0 Å². The molecule has 0 aliphatic carbocycles. The fourth-order valence-electron chi connectivity index (χ4n) is 2.07. The number of halogens is 1. The Morgan fingerprint density at radius 1 is 1.17 bits per heavy atom. The number of amides is 1. The summed E-state index contributed by atoms with van der Waals surface area (Å²) in [6, 6.07) is 11.8. The maximum atomic E-state index is 12.2. The van der Waals surface area contributed by atoms with Crippen molar-refractivity contribution in [3.63, 3.8) is 0 Å². The summed E-state index contributed by atoms with van der Waals surface area (Å²) in [6.07, 6.45) is -0.971. The number of methoxy groups -OCH3 is 1. The molecule has 1 atom stereocenters. The molecule has 2 aromatic carbocycles. The number of esters is 1. The number of rotatable bonds is 5. The molecule has 2 aromatic rings. The molecular formula is C18H18ClNO4. The molecule has 0 spiro atoms. The molecule has 0 aromatic heterocycles. The summed E-state index contributed by atoms with van der Waals surface area (Å²) >= 11 is 5.92. The van der Waals surface area contributed by atoms with Gasteiger partial charge in [-0.1, -0.05) is 29.3 Å². The van der Waals surface area contributed by atoms with Gasteiger partial charge >= 0.3 is 5.97 Å². The Morgan fingerprint density at radius 3 is 2.58 bits per heavy atom. The van der Waals surface area contributed by atoms with E-state index in [-0.39, 0.29) is 0 Å². The van der Waals surface area contributed by atoms with E-state index in [9.17, 15) is 9.59 Å². The molecule has 0 heterocycles. The summed E-state index contributed by atoms with van der Waals surface area (Å²) < 4.78 is 10.4. The van der Waals surface area contributed by atoms with Crippen LogP contribution in [-0.4, -0.2) is 25.1 Å². The smallest absolute Gasteiger partial charge is 0.338 e. The number of hydrogen-bond donors (Lipinski definition) is 1. The third-order valence-electron chi connectivity index (χ3n) is 3.33. The number of nitrogens with one attached hydrogen (secondary N) is 1. The Kier molecular flexibility index (Phi) is 5.82. The SMILES string of the molecule is COc1ccc(Cl)cc1NC(=O)[C@H](C)OC(=O)c1cccc(C)c1. The van der Waals surface area contributed by atoms with Crippen molar-refractivity contribution in [3.8, 4) is 5.75 Å². The van der Waals surface area contributed by atoms with Gasteiger partial charge in [0.05, 0.1) is 18.4 Å². The average Bonchev–Trinajstić information content (AvgIpc) is 2.55. The first-order valence-electron chi connectivity index (χ1n) is 7.32. The van der Waals surface area contributed by atoms with E-state index < -0.39 is 18.0 Å². The second-order valence-corrected chi connectivity index (χ2v) is 5.69. The van der Waals surface area contributed by atoms with Gasteiger partial charge in [0.2, 0.25) is 0 Å². The van der Waals surface area contributed by atoms with E-state index in [1.807, 2.05) is 13.0 Å². The van der Waals surface area contributed by atoms with Crippen molar-refractivity contribution < 1.29 is 19.1 Å². The quantitative estimate of drug-likeness (QED) is 0.834. The molecule has 0 saturated carbocycles. The number of anilines is 1. The normalized spacial score (nSPS) is 11.5. The van der Waals surface area contributed by atoms with Gasteiger partial charge in [-0.2, -0.15) is 0 Å². The maximum absolute atomic E-state index is 12.2. The number of carbonyl (C=O) groups excluding carboxylic acids is 2. The summed E-state index contributed by atoms with van der Waals surface area (Å²) in [5, 5.41) is 3.10. The molecule has 0 unspecified atom stereocenters. The highest BCUT2D eigenvalue weighted by Gasteiger charge is 2.20.